The molecule has 2 aromatic heterocycles. The summed E-state index contributed by atoms with van der Waals surface area (Å²) in [4.78, 5) is 29.9. The lowest BCUT2D eigenvalue weighted by Gasteiger charge is -2.39. The highest BCUT2D eigenvalue weighted by Crippen LogP contribution is 2.44. The minimum atomic E-state index is -4.08. The molecular weight excluding hydrogens is 554 g/mol. The van der Waals surface area contributed by atoms with E-state index >= 15 is 0 Å². The highest BCUT2D eigenvalue weighted by atomic mass is 32.2. The molecule has 2 N–H and O–H groups in total. The van der Waals surface area contributed by atoms with Crippen LogP contribution in [0.1, 0.15) is 63.3 Å². The Kier molecular flexibility index (Phi) is 5.75. The minimum Gasteiger partial charge on any atom is -0.373 e. The second kappa shape index (κ2) is 9.92. The number of rotatable bonds is 7. The van der Waals surface area contributed by atoms with Gasteiger partial charge in [0.05, 0.1) is 56.6 Å². The van der Waals surface area contributed by atoms with Gasteiger partial charge in [0.1, 0.15) is 11.2 Å². The SMILES string of the molecule is [2H]C([2H])(c1cnn(C)c1)N1C(=O)c2cc(S(=O)(=O)NC3(C)CC3)c(NCC#Cc3cncnc3)cc2N2C1=N[C@H]1CCC[C@H]12. The van der Waals surface area contributed by atoms with Crippen LogP contribution in [-0.4, -0.2) is 69.1 Å². The number of carbonyl (C=O) groups excluding carboxylic acids is 1. The van der Waals surface area contributed by atoms with E-state index < -0.39 is 28.0 Å². The highest BCUT2D eigenvalue weighted by Gasteiger charge is 2.49. The zero-order chi connectivity index (χ0) is 30.9. The number of guanidine groups is 1. The van der Waals surface area contributed by atoms with Gasteiger partial charge in [-0.1, -0.05) is 11.8 Å². The number of aromatic nitrogens is 4. The number of carbonyl (C=O) groups is 1. The molecular formula is C29H31N9O3S. The quantitative estimate of drug-likeness (QED) is 0.402. The van der Waals surface area contributed by atoms with Gasteiger partial charge in [-0.3, -0.25) is 14.4 Å². The minimum absolute atomic E-state index is 0.0827. The molecule has 1 aromatic carbocycles. The highest BCUT2D eigenvalue weighted by molar-refractivity contribution is 7.89. The number of aliphatic imine (C=N–C) groups is 1. The normalized spacial score (nSPS) is 22.7. The van der Waals surface area contributed by atoms with Crippen LogP contribution < -0.4 is 14.9 Å². The predicted octanol–water partition coefficient (Wildman–Crippen LogP) is 2.26. The second-order valence-electron chi connectivity index (χ2n) is 11.3. The molecule has 12 nitrogen and oxygen atoms in total. The summed E-state index contributed by atoms with van der Waals surface area (Å²) >= 11 is 0. The van der Waals surface area contributed by atoms with E-state index in [0.29, 0.717) is 24.1 Å². The number of hydrogen-bond acceptors (Lipinski definition) is 9. The number of benzene rings is 1. The fourth-order valence-corrected chi connectivity index (χ4v) is 7.38. The number of nitrogens with one attached hydrogen (secondary N) is 2. The van der Waals surface area contributed by atoms with Crippen molar-refractivity contribution >= 4 is 33.3 Å². The first-order chi connectivity index (χ1) is 21.0. The Balaban J connectivity index is 1.34. The number of anilines is 2. The molecule has 216 valence electrons. The monoisotopic (exact) mass is 587 g/mol. The lowest BCUT2D eigenvalue weighted by atomic mass is 10.0. The fourth-order valence-electron chi connectivity index (χ4n) is 5.72. The number of amides is 1. The van der Waals surface area contributed by atoms with Gasteiger partial charge in [0.15, 0.2) is 0 Å². The third-order valence-corrected chi connectivity index (χ3v) is 9.72. The Bertz CT molecular complexity index is 1860. The first-order valence-electron chi connectivity index (χ1n) is 14.9. The summed E-state index contributed by atoms with van der Waals surface area (Å²) in [5.74, 6) is 5.49. The Hall–Kier alpha value is -4.28. The Morgan fingerprint density at radius 2 is 2.00 bits per heavy atom. The van der Waals surface area contributed by atoms with Crippen LogP contribution in [0.4, 0.5) is 11.4 Å². The summed E-state index contributed by atoms with van der Waals surface area (Å²) < 4.78 is 50.0. The summed E-state index contributed by atoms with van der Waals surface area (Å²) in [5, 5.41) is 7.27. The maximum atomic E-state index is 14.3. The second-order valence-corrected chi connectivity index (χ2v) is 13.0. The van der Waals surface area contributed by atoms with Gasteiger partial charge in [-0.05, 0) is 51.2 Å². The summed E-state index contributed by atoms with van der Waals surface area (Å²) in [6.07, 6.45) is 11.5. The van der Waals surface area contributed by atoms with Crippen molar-refractivity contribution in [1.29, 1.82) is 0 Å². The lowest BCUT2D eigenvalue weighted by Crippen LogP contribution is -2.52. The van der Waals surface area contributed by atoms with Crippen LogP contribution in [0.5, 0.6) is 0 Å². The van der Waals surface area contributed by atoms with Crippen LogP contribution >= 0.6 is 0 Å². The van der Waals surface area contributed by atoms with Gasteiger partial charge >= 0.3 is 0 Å². The molecule has 1 amide bonds. The van der Waals surface area contributed by atoms with Gasteiger partial charge in [0.25, 0.3) is 5.91 Å². The number of aryl methyl sites for hydroxylation is 1. The molecule has 2 aliphatic heterocycles. The van der Waals surface area contributed by atoms with Crippen molar-refractivity contribution in [3.05, 3.63) is 59.9 Å². The molecule has 2 saturated carbocycles. The van der Waals surface area contributed by atoms with E-state index in [0.717, 1.165) is 24.2 Å². The molecule has 4 aliphatic rings. The largest absolute Gasteiger partial charge is 0.373 e. The van der Waals surface area contributed by atoms with E-state index in [1.54, 1.807) is 25.5 Å². The van der Waals surface area contributed by atoms with Crippen LogP contribution in [0.25, 0.3) is 0 Å². The van der Waals surface area contributed by atoms with Gasteiger partial charge < -0.3 is 10.2 Å². The van der Waals surface area contributed by atoms with Crippen LogP contribution in [0, 0.1) is 11.8 Å². The predicted molar refractivity (Wildman–Crippen MR) is 156 cm³/mol. The average molecular weight is 588 g/mol. The smallest absolute Gasteiger partial charge is 0.263 e. The summed E-state index contributed by atoms with van der Waals surface area (Å²) in [7, 11) is -2.41. The number of nitrogens with zero attached hydrogens (tertiary/aromatic N) is 7. The standard InChI is InChI=1S/C29H31N9O3S/c1-29(8-9-29)35-42(40,41)26-11-21-25(12-23(26)32-10-4-5-19-13-30-18-31-14-19)38-24-7-3-6-22(24)34-28(38)37(27(21)39)17-20-15-33-36(2)16-20/h11-16,18,22,24,32,35H,3,6-10,17H2,1-2H3/t22-,24+/m0/s1/i17D2. The maximum absolute atomic E-state index is 14.3. The molecule has 0 bridgehead atoms. The number of sulfonamides is 1. The molecule has 13 heteroatoms. The van der Waals surface area contributed by atoms with Crippen molar-refractivity contribution in [2.24, 2.45) is 12.0 Å². The van der Waals surface area contributed by atoms with Gasteiger partial charge in [-0.15, -0.1) is 0 Å². The first-order valence-corrected chi connectivity index (χ1v) is 15.4. The molecule has 0 unspecified atom stereocenters. The molecule has 2 aliphatic carbocycles. The van der Waals surface area contributed by atoms with Crippen molar-refractivity contribution in [3.8, 4) is 11.8 Å². The van der Waals surface area contributed by atoms with Crippen molar-refractivity contribution in [2.45, 2.75) is 68.0 Å². The van der Waals surface area contributed by atoms with Gasteiger partial charge in [-0.2, -0.15) is 5.10 Å². The lowest BCUT2D eigenvalue weighted by molar-refractivity contribution is 0.0832. The van der Waals surface area contributed by atoms with Gasteiger partial charge in [0, 0.05) is 36.7 Å². The third kappa shape index (κ3) is 4.80. The van der Waals surface area contributed by atoms with E-state index in [4.69, 9.17) is 7.73 Å². The molecule has 0 spiro atoms. The van der Waals surface area contributed by atoms with Crippen molar-refractivity contribution in [2.75, 3.05) is 16.8 Å². The Morgan fingerprint density at radius 1 is 1.19 bits per heavy atom. The molecule has 7 rings (SSSR count). The fraction of sp³-hybridized carbons (Fsp3) is 0.414. The van der Waals surface area contributed by atoms with Gasteiger partial charge in [0.2, 0.25) is 16.0 Å². The topological polar surface area (TPSA) is 138 Å². The molecule has 2 atom stereocenters. The number of fused-ring (bicyclic) bond motifs is 5. The summed E-state index contributed by atoms with van der Waals surface area (Å²) in [6.45, 7) is -0.346. The van der Waals surface area contributed by atoms with Crippen molar-refractivity contribution in [1.82, 2.24) is 29.4 Å². The van der Waals surface area contributed by atoms with E-state index in [9.17, 15) is 13.2 Å². The summed E-state index contributed by atoms with van der Waals surface area (Å²) in [5.41, 5.74) is 1.12. The van der Waals surface area contributed by atoms with E-state index in [1.165, 1.54) is 29.5 Å². The van der Waals surface area contributed by atoms with Gasteiger partial charge in [-0.25, -0.2) is 28.1 Å². The third-order valence-electron chi connectivity index (χ3n) is 8.04. The molecule has 0 saturated heterocycles. The van der Waals surface area contributed by atoms with Crippen LogP contribution in [0.2, 0.25) is 0 Å². The van der Waals surface area contributed by atoms with Crippen molar-refractivity contribution < 1.29 is 16.0 Å². The Morgan fingerprint density at radius 3 is 2.74 bits per heavy atom. The molecule has 42 heavy (non-hydrogen) atoms. The maximum Gasteiger partial charge on any atom is 0.263 e. The average Bonchev–Trinajstić information content (AvgIpc) is 3.32. The summed E-state index contributed by atoms with van der Waals surface area (Å²) in [6, 6.07) is 2.84. The molecule has 3 aromatic rings. The van der Waals surface area contributed by atoms with Crippen LogP contribution in [0.3, 0.4) is 0 Å². The van der Waals surface area contributed by atoms with E-state index in [2.05, 4.69) is 36.9 Å². The number of hydrogen-bond donors (Lipinski definition) is 2. The van der Waals surface area contributed by atoms with E-state index in [-0.39, 0.29) is 46.3 Å². The van der Waals surface area contributed by atoms with Crippen molar-refractivity contribution in [3.63, 3.8) is 0 Å². The molecule has 0 radical (unpaired) electrons. The molecule has 4 heterocycles. The van der Waals surface area contributed by atoms with Crippen LogP contribution in [-0.2, 0) is 23.6 Å². The Labute approximate surface area is 247 Å². The van der Waals surface area contributed by atoms with E-state index in [1.807, 2.05) is 11.8 Å². The zero-order valence-corrected chi connectivity index (χ0v) is 24.0. The zero-order valence-electron chi connectivity index (χ0n) is 25.2. The first kappa shape index (κ1) is 24.3. The molecule has 2 fully saturated rings. The van der Waals surface area contributed by atoms with Crippen LogP contribution in [0.15, 0.2) is 53.1 Å².